The zero-order valence-electron chi connectivity index (χ0n) is 6.06. The van der Waals surface area contributed by atoms with Gasteiger partial charge in [-0.15, -0.1) is 0 Å². The zero-order chi connectivity index (χ0) is 8.27. The molecule has 1 N–H and O–H groups in total. The summed E-state index contributed by atoms with van der Waals surface area (Å²) >= 11 is 0. The fourth-order valence-corrected chi connectivity index (χ4v) is 0.710. The zero-order valence-corrected chi connectivity index (χ0v) is 6.06. The number of carbonyl (C=O) groups excluding carboxylic acids is 1. The summed E-state index contributed by atoms with van der Waals surface area (Å²) in [6, 6.07) is 1.17. The predicted molar refractivity (Wildman–Crippen MR) is 36.7 cm³/mol. The van der Waals surface area contributed by atoms with E-state index >= 15 is 0 Å². The van der Waals surface area contributed by atoms with E-state index in [-0.39, 0.29) is 12.3 Å². The fourth-order valence-electron chi connectivity index (χ4n) is 0.710. The van der Waals surface area contributed by atoms with E-state index in [2.05, 4.69) is 9.72 Å². The Morgan fingerprint density at radius 2 is 2.55 bits per heavy atom. The molecule has 0 atom stereocenters. The molecule has 3 nitrogen and oxygen atoms in total. The Bertz CT molecular complexity index is 257. The van der Waals surface area contributed by atoms with Gasteiger partial charge in [-0.3, -0.25) is 0 Å². The Balaban J connectivity index is 2.76. The molecule has 1 aromatic heterocycles. The third-order valence-electron chi connectivity index (χ3n) is 1.18. The van der Waals surface area contributed by atoms with Crippen LogP contribution < -0.4 is 0 Å². The first kappa shape index (κ1) is 7.78. The summed E-state index contributed by atoms with van der Waals surface area (Å²) in [6.45, 7) is 1.91. The number of esters is 1. The van der Waals surface area contributed by atoms with Crippen molar-refractivity contribution < 1.29 is 13.9 Å². The Kier molecular flexibility index (Phi) is 2.25. The van der Waals surface area contributed by atoms with Gasteiger partial charge in [0.05, 0.1) is 6.61 Å². The van der Waals surface area contributed by atoms with Gasteiger partial charge in [-0.25, -0.2) is 9.18 Å². The van der Waals surface area contributed by atoms with Crippen molar-refractivity contribution in [2.24, 2.45) is 0 Å². The molecule has 0 aromatic carbocycles. The lowest BCUT2D eigenvalue weighted by molar-refractivity contribution is 0.0515. The SMILES string of the molecule is CCOC(=O)c1[nH]ccc1F. The Labute approximate surface area is 63.2 Å². The Morgan fingerprint density at radius 1 is 1.82 bits per heavy atom. The molecule has 11 heavy (non-hydrogen) atoms. The van der Waals surface area contributed by atoms with Crippen molar-refractivity contribution in [2.75, 3.05) is 6.61 Å². The van der Waals surface area contributed by atoms with Crippen LogP contribution in [-0.2, 0) is 4.74 Å². The van der Waals surface area contributed by atoms with Gasteiger partial charge in [-0.2, -0.15) is 0 Å². The van der Waals surface area contributed by atoms with Gasteiger partial charge >= 0.3 is 5.97 Å². The molecule has 0 spiro atoms. The molecule has 1 heterocycles. The van der Waals surface area contributed by atoms with Gasteiger partial charge in [0, 0.05) is 6.20 Å². The number of ether oxygens (including phenoxy) is 1. The smallest absolute Gasteiger partial charge is 0.357 e. The molecule has 60 valence electrons. The Morgan fingerprint density at radius 3 is 3.00 bits per heavy atom. The first-order chi connectivity index (χ1) is 5.25. The maximum absolute atomic E-state index is 12.6. The highest BCUT2D eigenvalue weighted by molar-refractivity contribution is 5.87. The summed E-state index contributed by atoms with van der Waals surface area (Å²) in [5.41, 5.74) is -0.119. The highest BCUT2D eigenvalue weighted by atomic mass is 19.1. The molecule has 0 aliphatic heterocycles. The number of halogens is 1. The number of aromatic nitrogens is 1. The lowest BCUT2D eigenvalue weighted by Crippen LogP contribution is -2.06. The second-order valence-corrected chi connectivity index (χ2v) is 1.92. The summed E-state index contributed by atoms with van der Waals surface area (Å²) in [7, 11) is 0. The van der Waals surface area contributed by atoms with E-state index in [0.717, 1.165) is 0 Å². The van der Waals surface area contributed by atoms with Crippen LogP contribution in [0.25, 0.3) is 0 Å². The largest absolute Gasteiger partial charge is 0.461 e. The molecule has 1 aromatic rings. The van der Waals surface area contributed by atoms with E-state index in [9.17, 15) is 9.18 Å². The molecular weight excluding hydrogens is 149 g/mol. The summed E-state index contributed by atoms with van der Waals surface area (Å²) in [6.07, 6.45) is 1.35. The summed E-state index contributed by atoms with van der Waals surface area (Å²) < 4.78 is 17.1. The van der Waals surface area contributed by atoms with Crippen LogP contribution in [0.5, 0.6) is 0 Å². The van der Waals surface area contributed by atoms with Gasteiger partial charge in [-0.05, 0) is 13.0 Å². The molecule has 0 unspecified atom stereocenters. The topological polar surface area (TPSA) is 42.1 Å². The lowest BCUT2D eigenvalue weighted by atomic mass is 10.4. The maximum atomic E-state index is 12.6. The van der Waals surface area contributed by atoms with Gasteiger partial charge in [0.25, 0.3) is 0 Å². The molecular formula is C7H8FNO2. The van der Waals surface area contributed by atoms with Crippen molar-refractivity contribution in [2.45, 2.75) is 6.92 Å². The van der Waals surface area contributed by atoms with E-state index in [1.807, 2.05) is 0 Å². The standard InChI is InChI=1S/C7H8FNO2/c1-2-11-7(10)6-5(8)3-4-9-6/h3-4,9H,2H2,1H3. The monoisotopic (exact) mass is 157 g/mol. The number of nitrogens with one attached hydrogen (secondary N) is 1. The van der Waals surface area contributed by atoms with Crippen molar-refractivity contribution in [3.05, 3.63) is 23.8 Å². The normalized spacial score (nSPS) is 9.64. The Hall–Kier alpha value is -1.32. The number of H-pyrrole nitrogens is 1. The molecule has 0 saturated heterocycles. The molecule has 0 aliphatic rings. The van der Waals surface area contributed by atoms with E-state index < -0.39 is 11.8 Å². The van der Waals surface area contributed by atoms with Crippen LogP contribution in [0.15, 0.2) is 12.3 Å². The highest BCUT2D eigenvalue weighted by Crippen LogP contribution is 2.04. The predicted octanol–water partition coefficient (Wildman–Crippen LogP) is 1.33. The molecule has 0 saturated carbocycles. The molecule has 0 amide bonds. The van der Waals surface area contributed by atoms with Crippen LogP contribution in [0.2, 0.25) is 0 Å². The van der Waals surface area contributed by atoms with Crippen LogP contribution in [0.1, 0.15) is 17.4 Å². The van der Waals surface area contributed by atoms with E-state index in [4.69, 9.17) is 0 Å². The molecule has 1 rings (SSSR count). The van der Waals surface area contributed by atoms with Gasteiger partial charge in [0.1, 0.15) is 0 Å². The van der Waals surface area contributed by atoms with Gasteiger partial charge in [0.2, 0.25) is 0 Å². The van der Waals surface area contributed by atoms with Gasteiger partial charge in [-0.1, -0.05) is 0 Å². The summed E-state index contributed by atoms with van der Waals surface area (Å²) in [5, 5.41) is 0. The number of aromatic amines is 1. The minimum Gasteiger partial charge on any atom is -0.461 e. The minimum atomic E-state index is -0.657. The van der Waals surface area contributed by atoms with Crippen LogP contribution >= 0.6 is 0 Å². The average Bonchev–Trinajstić information content (AvgIpc) is 2.36. The maximum Gasteiger partial charge on any atom is 0.357 e. The van der Waals surface area contributed by atoms with Crippen molar-refractivity contribution in [1.29, 1.82) is 0 Å². The summed E-state index contributed by atoms with van der Waals surface area (Å²) in [4.78, 5) is 13.3. The van der Waals surface area contributed by atoms with Crippen LogP contribution in [0, 0.1) is 5.82 Å². The molecule has 4 heteroatoms. The van der Waals surface area contributed by atoms with Gasteiger partial charge in [0.15, 0.2) is 11.5 Å². The average molecular weight is 157 g/mol. The quantitative estimate of drug-likeness (QED) is 0.658. The van der Waals surface area contributed by atoms with Crippen molar-refractivity contribution in [3.63, 3.8) is 0 Å². The number of hydrogen-bond acceptors (Lipinski definition) is 2. The van der Waals surface area contributed by atoms with Crippen LogP contribution in [-0.4, -0.2) is 17.6 Å². The fraction of sp³-hybridized carbons (Fsp3) is 0.286. The molecule has 0 bridgehead atoms. The van der Waals surface area contributed by atoms with Crippen LogP contribution in [0.4, 0.5) is 4.39 Å². The van der Waals surface area contributed by atoms with E-state index in [1.165, 1.54) is 12.3 Å². The number of hydrogen-bond donors (Lipinski definition) is 1. The minimum absolute atomic E-state index is 0.119. The van der Waals surface area contributed by atoms with Crippen molar-refractivity contribution in [3.8, 4) is 0 Å². The lowest BCUT2D eigenvalue weighted by Gasteiger charge is -1.97. The van der Waals surface area contributed by atoms with Crippen molar-refractivity contribution >= 4 is 5.97 Å². The van der Waals surface area contributed by atoms with Crippen molar-refractivity contribution in [1.82, 2.24) is 4.98 Å². The molecule has 0 fully saturated rings. The first-order valence-electron chi connectivity index (χ1n) is 3.25. The third-order valence-corrected chi connectivity index (χ3v) is 1.18. The second-order valence-electron chi connectivity index (χ2n) is 1.92. The van der Waals surface area contributed by atoms with E-state index in [1.54, 1.807) is 6.92 Å². The first-order valence-corrected chi connectivity index (χ1v) is 3.25. The summed E-state index contributed by atoms with van der Waals surface area (Å²) in [5.74, 6) is -1.24. The van der Waals surface area contributed by atoms with E-state index in [0.29, 0.717) is 0 Å². The number of carbonyl (C=O) groups is 1. The van der Waals surface area contributed by atoms with Gasteiger partial charge < -0.3 is 9.72 Å². The highest BCUT2D eigenvalue weighted by Gasteiger charge is 2.12. The van der Waals surface area contributed by atoms with Crippen LogP contribution in [0.3, 0.4) is 0 Å². The molecule has 0 radical (unpaired) electrons. The third kappa shape index (κ3) is 1.58. The molecule has 0 aliphatic carbocycles. The second kappa shape index (κ2) is 3.18. The number of rotatable bonds is 2.